The Bertz CT molecular complexity index is 478. The third-order valence-corrected chi connectivity index (χ3v) is 4.25. The molecule has 0 bridgehead atoms. The van der Waals surface area contributed by atoms with Crippen LogP contribution >= 0.6 is 0 Å². The summed E-state index contributed by atoms with van der Waals surface area (Å²) in [4.78, 5) is 25.2. The van der Waals surface area contributed by atoms with E-state index in [2.05, 4.69) is 6.92 Å². The minimum Gasteiger partial charge on any atom is -0.481 e. The maximum atomic E-state index is 12.8. The molecule has 1 saturated carbocycles. The highest BCUT2D eigenvalue weighted by molar-refractivity contribution is 5.95. The number of amides is 1. The molecule has 0 unspecified atom stereocenters. The van der Waals surface area contributed by atoms with Crippen LogP contribution in [0.3, 0.4) is 0 Å². The van der Waals surface area contributed by atoms with Crippen molar-refractivity contribution in [3.63, 3.8) is 0 Å². The first-order chi connectivity index (χ1) is 10.1. The molecule has 1 amide bonds. The molecule has 1 aliphatic rings. The van der Waals surface area contributed by atoms with E-state index in [-0.39, 0.29) is 24.8 Å². The molecular formula is C17H23NO3. The molecule has 0 radical (unpaired) electrons. The summed E-state index contributed by atoms with van der Waals surface area (Å²) in [6.45, 7) is 2.46. The van der Waals surface area contributed by atoms with Crippen molar-refractivity contribution in [1.29, 1.82) is 0 Å². The zero-order valence-electron chi connectivity index (χ0n) is 12.5. The lowest BCUT2D eigenvalue weighted by Crippen LogP contribution is -2.39. The molecule has 2 rings (SSSR count). The summed E-state index contributed by atoms with van der Waals surface area (Å²) >= 11 is 0. The van der Waals surface area contributed by atoms with Crippen molar-refractivity contribution >= 4 is 17.6 Å². The fourth-order valence-electron chi connectivity index (χ4n) is 2.91. The molecule has 1 N–H and O–H groups in total. The van der Waals surface area contributed by atoms with Crippen LogP contribution in [0.25, 0.3) is 0 Å². The van der Waals surface area contributed by atoms with E-state index < -0.39 is 5.97 Å². The SMILES string of the molecule is CC1CCC(C(=O)N(CCC(=O)O)c2ccccc2)CC1. The van der Waals surface area contributed by atoms with Crippen LogP contribution in [-0.4, -0.2) is 23.5 Å². The van der Waals surface area contributed by atoms with Gasteiger partial charge in [-0.05, 0) is 43.7 Å². The number of hydrogen-bond acceptors (Lipinski definition) is 2. The van der Waals surface area contributed by atoms with Gasteiger partial charge in [-0.1, -0.05) is 25.1 Å². The van der Waals surface area contributed by atoms with Crippen molar-refractivity contribution in [2.45, 2.75) is 39.0 Å². The largest absolute Gasteiger partial charge is 0.481 e. The monoisotopic (exact) mass is 289 g/mol. The molecule has 0 heterocycles. The third-order valence-electron chi connectivity index (χ3n) is 4.25. The number of carbonyl (C=O) groups is 2. The minimum atomic E-state index is -0.874. The minimum absolute atomic E-state index is 0.0241. The number of carbonyl (C=O) groups excluding carboxylic acids is 1. The van der Waals surface area contributed by atoms with E-state index in [4.69, 9.17) is 5.11 Å². The second-order valence-electron chi connectivity index (χ2n) is 5.93. The van der Waals surface area contributed by atoms with E-state index >= 15 is 0 Å². The highest BCUT2D eigenvalue weighted by Gasteiger charge is 2.29. The van der Waals surface area contributed by atoms with Crippen molar-refractivity contribution in [1.82, 2.24) is 0 Å². The maximum Gasteiger partial charge on any atom is 0.305 e. The maximum absolute atomic E-state index is 12.8. The van der Waals surface area contributed by atoms with E-state index in [1.54, 1.807) is 4.90 Å². The van der Waals surface area contributed by atoms with E-state index in [1.807, 2.05) is 30.3 Å². The van der Waals surface area contributed by atoms with Crippen molar-refractivity contribution in [2.75, 3.05) is 11.4 Å². The Morgan fingerprint density at radius 3 is 2.33 bits per heavy atom. The molecule has 21 heavy (non-hydrogen) atoms. The van der Waals surface area contributed by atoms with Crippen LogP contribution in [0, 0.1) is 11.8 Å². The molecule has 1 fully saturated rings. The number of aliphatic carboxylic acids is 1. The summed E-state index contributed by atoms with van der Waals surface area (Å²) in [6.07, 6.45) is 3.96. The molecular weight excluding hydrogens is 266 g/mol. The molecule has 0 saturated heterocycles. The molecule has 0 atom stereocenters. The van der Waals surface area contributed by atoms with Crippen LogP contribution in [0.1, 0.15) is 39.0 Å². The zero-order chi connectivity index (χ0) is 15.2. The van der Waals surface area contributed by atoms with E-state index in [1.165, 1.54) is 0 Å². The van der Waals surface area contributed by atoms with Gasteiger partial charge in [0.05, 0.1) is 6.42 Å². The highest BCUT2D eigenvalue weighted by atomic mass is 16.4. The molecule has 1 aliphatic carbocycles. The predicted molar refractivity (Wildman–Crippen MR) is 82.2 cm³/mol. The van der Waals surface area contributed by atoms with Gasteiger partial charge in [-0.15, -0.1) is 0 Å². The Morgan fingerprint density at radius 2 is 1.76 bits per heavy atom. The number of nitrogens with zero attached hydrogens (tertiary/aromatic N) is 1. The van der Waals surface area contributed by atoms with Crippen molar-refractivity contribution in [3.05, 3.63) is 30.3 Å². The quantitative estimate of drug-likeness (QED) is 0.904. The molecule has 0 aliphatic heterocycles. The molecule has 4 nitrogen and oxygen atoms in total. The summed E-state index contributed by atoms with van der Waals surface area (Å²) in [5.74, 6) is -0.0659. The van der Waals surface area contributed by atoms with Gasteiger partial charge < -0.3 is 10.0 Å². The fourth-order valence-corrected chi connectivity index (χ4v) is 2.91. The lowest BCUT2D eigenvalue weighted by atomic mass is 9.82. The number of carboxylic acids is 1. The average Bonchev–Trinajstić information content (AvgIpc) is 2.49. The van der Waals surface area contributed by atoms with Crippen molar-refractivity contribution < 1.29 is 14.7 Å². The molecule has 0 aromatic heterocycles. The van der Waals surface area contributed by atoms with Gasteiger partial charge in [0.1, 0.15) is 0 Å². The van der Waals surface area contributed by atoms with Gasteiger partial charge >= 0.3 is 5.97 Å². The van der Waals surface area contributed by atoms with Gasteiger partial charge in [0.25, 0.3) is 0 Å². The van der Waals surface area contributed by atoms with Crippen LogP contribution in [-0.2, 0) is 9.59 Å². The number of para-hydroxylation sites is 1. The number of anilines is 1. The lowest BCUT2D eigenvalue weighted by molar-refractivity contribution is -0.136. The topological polar surface area (TPSA) is 57.6 Å². The van der Waals surface area contributed by atoms with Crippen LogP contribution < -0.4 is 4.90 Å². The average molecular weight is 289 g/mol. The Kier molecular flexibility index (Phi) is 5.37. The number of hydrogen-bond donors (Lipinski definition) is 1. The van der Waals surface area contributed by atoms with Gasteiger partial charge in [0.15, 0.2) is 0 Å². The smallest absolute Gasteiger partial charge is 0.305 e. The Balaban J connectivity index is 2.10. The predicted octanol–water partition coefficient (Wildman–Crippen LogP) is 3.32. The molecule has 114 valence electrons. The number of carboxylic acid groups (broad SMARTS) is 1. The molecule has 0 spiro atoms. The Morgan fingerprint density at radius 1 is 1.14 bits per heavy atom. The van der Waals surface area contributed by atoms with Crippen molar-refractivity contribution in [3.8, 4) is 0 Å². The van der Waals surface area contributed by atoms with E-state index in [0.29, 0.717) is 5.92 Å². The zero-order valence-corrected chi connectivity index (χ0v) is 12.5. The van der Waals surface area contributed by atoms with E-state index in [0.717, 1.165) is 31.4 Å². The summed E-state index contributed by atoms with van der Waals surface area (Å²) in [5, 5.41) is 8.90. The highest BCUT2D eigenvalue weighted by Crippen LogP contribution is 2.31. The third kappa shape index (κ3) is 4.31. The summed E-state index contributed by atoms with van der Waals surface area (Å²) < 4.78 is 0. The van der Waals surface area contributed by atoms with Gasteiger partial charge in [-0.2, -0.15) is 0 Å². The van der Waals surface area contributed by atoms with Gasteiger partial charge in [-0.25, -0.2) is 0 Å². The number of benzene rings is 1. The fraction of sp³-hybridized carbons (Fsp3) is 0.529. The Hall–Kier alpha value is -1.84. The number of rotatable bonds is 5. The van der Waals surface area contributed by atoms with Gasteiger partial charge in [0.2, 0.25) is 5.91 Å². The Labute approximate surface area is 125 Å². The van der Waals surface area contributed by atoms with Crippen LogP contribution in [0.4, 0.5) is 5.69 Å². The first kappa shape index (κ1) is 15.5. The van der Waals surface area contributed by atoms with Crippen LogP contribution in [0.5, 0.6) is 0 Å². The lowest BCUT2D eigenvalue weighted by Gasteiger charge is -2.31. The summed E-state index contributed by atoms with van der Waals surface area (Å²) in [6, 6.07) is 9.38. The van der Waals surface area contributed by atoms with E-state index in [9.17, 15) is 9.59 Å². The van der Waals surface area contributed by atoms with Crippen LogP contribution in [0.15, 0.2) is 30.3 Å². The molecule has 4 heteroatoms. The van der Waals surface area contributed by atoms with Gasteiger partial charge in [0, 0.05) is 18.2 Å². The normalized spacial score (nSPS) is 21.8. The first-order valence-corrected chi connectivity index (χ1v) is 7.66. The standard InChI is InChI=1S/C17H23NO3/c1-13-7-9-14(10-8-13)17(21)18(12-11-16(19)20)15-5-3-2-4-6-15/h2-6,13-14H,7-12H2,1H3,(H,19,20). The van der Waals surface area contributed by atoms with Gasteiger partial charge in [-0.3, -0.25) is 9.59 Å². The second kappa shape index (κ2) is 7.25. The summed E-state index contributed by atoms with van der Waals surface area (Å²) in [5.41, 5.74) is 0.794. The molecule has 1 aromatic rings. The van der Waals surface area contributed by atoms with Crippen molar-refractivity contribution in [2.24, 2.45) is 11.8 Å². The summed E-state index contributed by atoms with van der Waals surface area (Å²) in [7, 11) is 0. The first-order valence-electron chi connectivity index (χ1n) is 7.66. The van der Waals surface area contributed by atoms with Crippen LogP contribution in [0.2, 0.25) is 0 Å². The molecule has 1 aromatic carbocycles. The second-order valence-corrected chi connectivity index (χ2v) is 5.93.